The summed E-state index contributed by atoms with van der Waals surface area (Å²) in [5.74, 6) is 0.779. The van der Waals surface area contributed by atoms with E-state index in [4.69, 9.17) is 4.74 Å². The highest BCUT2D eigenvalue weighted by Crippen LogP contribution is 2.18. The monoisotopic (exact) mass is 297 g/mol. The van der Waals surface area contributed by atoms with Crippen molar-refractivity contribution in [3.63, 3.8) is 0 Å². The highest BCUT2D eigenvalue weighted by molar-refractivity contribution is 9.10. The fourth-order valence-corrected chi connectivity index (χ4v) is 2.43. The molecule has 1 aromatic rings. The Morgan fingerprint density at radius 1 is 1.29 bits per heavy atom. The third kappa shape index (κ3) is 4.09. The maximum atomic E-state index is 5.37. The maximum Gasteiger partial charge on any atom is 0.0469 e. The summed E-state index contributed by atoms with van der Waals surface area (Å²) in [4.78, 5) is 0. The second-order valence-electron chi connectivity index (χ2n) is 4.74. The van der Waals surface area contributed by atoms with Crippen molar-refractivity contribution in [2.75, 3.05) is 19.8 Å². The Morgan fingerprint density at radius 3 is 2.59 bits per heavy atom. The van der Waals surface area contributed by atoms with Gasteiger partial charge >= 0.3 is 0 Å². The van der Waals surface area contributed by atoms with Crippen molar-refractivity contribution in [3.05, 3.63) is 34.3 Å². The number of benzene rings is 1. The fraction of sp³-hybridized carbons (Fsp3) is 0.571. The predicted molar refractivity (Wildman–Crippen MR) is 74.1 cm³/mol. The van der Waals surface area contributed by atoms with Gasteiger partial charge in [0.1, 0.15) is 0 Å². The number of hydrogen-bond donors (Lipinski definition) is 1. The fourth-order valence-electron chi connectivity index (χ4n) is 2.16. The van der Waals surface area contributed by atoms with Gasteiger partial charge in [0.05, 0.1) is 0 Å². The molecule has 1 aromatic carbocycles. The first kappa shape index (κ1) is 13.1. The molecule has 94 valence electrons. The SMILES string of the molecule is C[C@@H](NCC1CCOCC1)c1ccc(Br)cc1. The molecule has 0 bridgehead atoms. The third-order valence-corrected chi connectivity index (χ3v) is 3.95. The van der Waals surface area contributed by atoms with E-state index < -0.39 is 0 Å². The number of ether oxygens (including phenoxy) is 1. The molecule has 0 aromatic heterocycles. The van der Waals surface area contributed by atoms with Crippen molar-refractivity contribution in [3.8, 4) is 0 Å². The van der Waals surface area contributed by atoms with Crippen LogP contribution in [0.3, 0.4) is 0 Å². The summed E-state index contributed by atoms with van der Waals surface area (Å²) in [6, 6.07) is 8.97. The molecule has 3 heteroatoms. The van der Waals surface area contributed by atoms with Crippen LogP contribution in [0, 0.1) is 5.92 Å². The third-order valence-electron chi connectivity index (χ3n) is 3.42. The number of rotatable bonds is 4. The van der Waals surface area contributed by atoms with Crippen LogP contribution in [-0.4, -0.2) is 19.8 Å². The molecule has 2 rings (SSSR count). The van der Waals surface area contributed by atoms with E-state index in [1.807, 2.05) is 0 Å². The molecule has 1 aliphatic rings. The van der Waals surface area contributed by atoms with Gasteiger partial charge in [0.2, 0.25) is 0 Å². The Balaban J connectivity index is 1.80. The van der Waals surface area contributed by atoms with Gasteiger partial charge in [0.25, 0.3) is 0 Å². The summed E-state index contributed by atoms with van der Waals surface area (Å²) in [6.45, 7) is 5.18. The minimum atomic E-state index is 0.422. The lowest BCUT2D eigenvalue weighted by Crippen LogP contribution is -2.29. The zero-order valence-corrected chi connectivity index (χ0v) is 11.9. The summed E-state index contributed by atoms with van der Waals surface area (Å²) in [7, 11) is 0. The van der Waals surface area contributed by atoms with E-state index in [0.717, 1.165) is 30.1 Å². The van der Waals surface area contributed by atoms with Gasteiger partial charge in [-0.15, -0.1) is 0 Å². The highest BCUT2D eigenvalue weighted by Gasteiger charge is 2.14. The van der Waals surface area contributed by atoms with Crippen LogP contribution in [0.5, 0.6) is 0 Å². The zero-order valence-electron chi connectivity index (χ0n) is 10.3. The molecule has 0 spiro atoms. The molecular weight excluding hydrogens is 278 g/mol. The summed E-state index contributed by atoms with van der Waals surface area (Å²) in [5, 5.41) is 3.62. The molecule has 1 saturated heterocycles. The molecule has 0 unspecified atom stereocenters. The molecule has 2 nitrogen and oxygen atoms in total. The molecular formula is C14H20BrNO. The van der Waals surface area contributed by atoms with Crippen LogP contribution in [-0.2, 0) is 4.74 Å². The summed E-state index contributed by atoms with van der Waals surface area (Å²) in [6.07, 6.45) is 2.39. The van der Waals surface area contributed by atoms with Gasteiger partial charge in [-0.3, -0.25) is 0 Å². The quantitative estimate of drug-likeness (QED) is 0.918. The van der Waals surface area contributed by atoms with E-state index in [1.54, 1.807) is 0 Å². The number of halogens is 1. The zero-order chi connectivity index (χ0) is 12.1. The Labute approximate surface area is 112 Å². The molecule has 0 saturated carbocycles. The van der Waals surface area contributed by atoms with Gasteiger partial charge in [0.15, 0.2) is 0 Å². The lowest BCUT2D eigenvalue weighted by atomic mass is 9.99. The van der Waals surface area contributed by atoms with Gasteiger partial charge in [-0.25, -0.2) is 0 Å². The van der Waals surface area contributed by atoms with Crippen molar-refractivity contribution in [2.24, 2.45) is 5.92 Å². The van der Waals surface area contributed by atoms with E-state index in [2.05, 4.69) is 52.4 Å². The molecule has 0 radical (unpaired) electrons. The first-order chi connectivity index (χ1) is 8.25. The maximum absolute atomic E-state index is 5.37. The molecule has 17 heavy (non-hydrogen) atoms. The van der Waals surface area contributed by atoms with Crippen LogP contribution < -0.4 is 5.32 Å². The molecule has 1 N–H and O–H groups in total. The average molecular weight is 298 g/mol. The van der Waals surface area contributed by atoms with Gasteiger partial charge in [-0.05, 0) is 49.9 Å². The highest BCUT2D eigenvalue weighted by atomic mass is 79.9. The van der Waals surface area contributed by atoms with Crippen LogP contribution in [0.15, 0.2) is 28.7 Å². The lowest BCUT2D eigenvalue weighted by Gasteiger charge is -2.24. The molecule has 1 fully saturated rings. The molecule has 1 aliphatic heterocycles. The van der Waals surface area contributed by atoms with Crippen LogP contribution >= 0.6 is 15.9 Å². The van der Waals surface area contributed by atoms with Gasteiger partial charge in [-0.2, -0.15) is 0 Å². The Hall–Kier alpha value is -0.380. The first-order valence-corrected chi connectivity index (χ1v) is 7.11. The molecule has 0 amide bonds. The second kappa shape index (κ2) is 6.53. The number of hydrogen-bond acceptors (Lipinski definition) is 2. The minimum Gasteiger partial charge on any atom is -0.381 e. The van der Waals surface area contributed by atoms with Crippen LogP contribution in [0.4, 0.5) is 0 Å². The van der Waals surface area contributed by atoms with Crippen LogP contribution in [0.25, 0.3) is 0 Å². The predicted octanol–water partition coefficient (Wildman–Crippen LogP) is 3.53. The summed E-state index contributed by atoms with van der Waals surface area (Å²) >= 11 is 3.46. The first-order valence-electron chi connectivity index (χ1n) is 6.32. The Morgan fingerprint density at radius 2 is 1.94 bits per heavy atom. The summed E-state index contributed by atoms with van der Waals surface area (Å²) < 4.78 is 6.51. The van der Waals surface area contributed by atoms with E-state index in [-0.39, 0.29) is 0 Å². The topological polar surface area (TPSA) is 21.3 Å². The van der Waals surface area contributed by atoms with Crippen molar-refractivity contribution in [1.82, 2.24) is 5.32 Å². The number of nitrogens with one attached hydrogen (secondary N) is 1. The molecule has 1 heterocycles. The van der Waals surface area contributed by atoms with Crippen molar-refractivity contribution in [2.45, 2.75) is 25.8 Å². The van der Waals surface area contributed by atoms with Gasteiger partial charge in [-0.1, -0.05) is 28.1 Å². The van der Waals surface area contributed by atoms with Crippen molar-refractivity contribution >= 4 is 15.9 Å². The molecule has 0 aliphatic carbocycles. The minimum absolute atomic E-state index is 0.422. The second-order valence-corrected chi connectivity index (χ2v) is 5.65. The smallest absolute Gasteiger partial charge is 0.0469 e. The van der Waals surface area contributed by atoms with E-state index in [0.29, 0.717) is 6.04 Å². The van der Waals surface area contributed by atoms with Crippen molar-refractivity contribution < 1.29 is 4.74 Å². The lowest BCUT2D eigenvalue weighted by molar-refractivity contribution is 0.0656. The van der Waals surface area contributed by atoms with Crippen LogP contribution in [0.2, 0.25) is 0 Å². The van der Waals surface area contributed by atoms with Gasteiger partial charge < -0.3 is 10.1 Å². The van der Waals surface area contributed by atoms with Crippen molar-refractivity contribution in [1.29, 1.82) is 0 Å². The van der Waals surface area contributed by atoms with E-state index in [9.17, 15) is 0 Å². The molecule has 1 atom stereocenters. The normalized spacial score (nSPS) is 19.2. The van der Waals surface area contributed by atoms with Crippen LogP contribution in [0.1, 0.15) is 31.4 Å². The largest absolute Gasteiger partial charge is 0.381 e. The average Bonchev–Trinajstić information content (AvgIpc) is 2.38. The van der Waals surface area contributed by atoms with Gasteiger partial charge in [0, 0.05) is 23.7 Å². The van der Waals surface area contributed by atoms with E-state index in [1.165, 1.54) is 18.4 Å². The Bertz CT molecular complexity index is 333. The standard InChI is InChI=1S/C14H20BrNO/c1-11(13-2-4-14(15)5-3-13)16-10-12-6-8-17-9-7-12/h2-5,11-12,16H,6-10H2,1H3/t11-/m1/s1. The Kier molecular flexibility index (Phi) is 5.01. The summed E-state index contributed by atoms with van der Waals surface area (Å²) in [5.41, 5.74) is 1.35. The van der Waals surface area contributed by atoms with E-state index >= 15 is 0 Å².